The summed E-state index contributed by atoms with van der Waals surface area (Å²) in [6, 6.07) is 4.17. The van der Waals surface area contributed by atoms with Crippen molar-refractivity contribution in [1.82, 2.24) is 10.2 Å². The molecule has 1 aliphatic heterocycles. The molecule has 0 saturated carbocycles. The van der Waals surface area contributed by atoms with Gasteiger partial charge in [0.05, 0.1) is 10.6 Å². The highest BCUT2D eigenvalue weighted by Crippen LogP contribution is 2.40. The second-order valence-electron chi connectivity index (χ2n) is 6.14. The van der Waals surface area contributed by atoms with Crippen LogP contribution in [0.15, 0.2) is 18.2 Å². The maximum Gasteiger partial charge on any atom is 0.417 e. The van der Waals surface area contributed by atoms with Gasteiger partial charge >= 0.3 is 6.18 Å². The summed E-state index contributed by atoms with van der Waals surface area (Å²) >= 11 is 6.13. The van der Waals surface area contributed by atoms with E-state index in [1.165, 1.54) is 6.07 Å². The third-order valence-electron chi connectivity index (χ3n) is 3.98. The molecule has 24 heavy (non-hydrogen) atoms. The van der Waals surface area contributed by atoms with Crippen LogP contribution in [0.25, 0.3) is 0 Å². The first-order valence-electron chi connectivity index (χ1n) is 7.61. The Balaban J connectivity index is 0.00000264. The molecule has 140 valence electrons. The van der Waals surface area contributed by atoms with Crippen molar-refractivity contribution >= 4 is 36.4 Å². The van der Waals surface area contributed by atoms with Crippen LogP contribution in [0.5, 0.6) is 0 Å². The Labute approximate surface area is 158 Å². The van der Waals surface area contributed by atoms with E-state index >= 15 is 0 Å². The van der Waals surface area contributed by atoms with Gasteiger partial charge in [0, 0.05) is 32.2 Å². The van der Waals surface area contributed by atoms with E-state index in [1.807, 2.05) is 0 Å². The summed E-state index contributed by atoms with van der Waals surface area (Å²) in [5, 5.41) is 3.12. The lowest BCUT2D eigenvalue weighted by Crippen LogP contribution is -2.45. The minimum atomic E-state index is -4.42. The number of nitrogens with zero attached hydrogens (tertiary/aromatic N) is 1. The van der Waals surface area contributed by atoms with E-state index in [-0.39, 0.29) is 35.9 Å². The lowest BCUT2D eigenvalue weighted by Gasteiger charge is -2.37. The van der Waals surface area contributed by atoms with Crippen LogP contribution in [0.1, 0.15) is 37.4 Å². The zero-order chi connectivity index (χ0) is 16.3. The average molecular weight is 408 g/mol. The molecule has 0 aromatic heterocycles. The molecule has 0 bridgehead atoms. The molecule has 0 spiro atoms. The second-order valence-corrected chi connectivity index (χ2v) is 6.52. The van der Waals surface area contributed by atoms with E-state index in [0.29, 0.717) is 11.5 Å². The zero-order valence-electron chi connectivity index (χ0n) is 13.7. The third kappa shape index (κ3) is 5.95. The van der Waals surface area contributed by atoms with Crippen LogP contribution in [0.3, 0.4) is 0 Å². The van der Waals surface area contributed by atoms with E-state index in [2.05, 4.69) is 24.1 Å². The van der Waals surface area contributed by atoms with Crippen LogP contribution in [0.4, 0.5) is 13.2 Å². The van der Waals surface area contributed by atoms with E-state index in [1.54, 1.807) is 6.07 Å². The van der Waals surface area contributed by atoms with Gasteiger partial charge in [-0.3, -0.25) is 4.90 Å². The summed E-state index contributed by atoms with van der Waals surface area (Å²) in [7, 11) is 0. The van der Waals surface area contributed by atoms with Gasteiger partial charge in [-0.2, -0.15) is 13.2 Å². The van der Waals surface area contributed by atoms with Crippen LogP contribution >= 0.6 is 36.4 Å². The largest absolute Gasteiger partial charge is 0.417 e. The highest BCUT2D eigenvalue weighted by Gasteiger charge is 2.35. The Kier molecular flexibility index (Phi) is 9.99. The number of hydrogen-bond donors (Lipinski definition) is 1. The fourth-order valence-electron chi connectivity index (χ4n) is 2.94. The van der Waals surface area contributed by atoms with Gasteiger partial charge in [0.25, 0.3) is 0 Å². The van der Waals surface area contributed by atoms with Gasteiger partial charge in [-0.15, -0.1) is 24.8 Å². The first-order chi connectivity index (χ1) is 10.3. The van der Waals surface area contributed by atoms with E-state index in [9.17, 15) is 13.2 Å². The van der Waals surface area contributed by atoms with E-state index < -0.39 is 11.7 Å². The molecule has 1 fully saturated rings. The number of nitrogens with one attached hydrogen (secondary N) is 1. The van der Waals surface area contributed by atoms with Gasteiger partial charge in [0.2, 0.25) is 0 Å². The topological polar surface area (TPSA) is 15.3 Å². The molecule has 1 aliphatic rings. The first-order valence-corrected chi connectivity index (χ1v) is 7.99. The molecule has 2 rings (SSSR count). The van der Waals surface area contributed by atoms with E-state index in [0.717, 1.165) is 38.7 Å². The lowest BCUT2D eigenvalue weighted by atomic mass is 9.93. The van der Waals surface area contributed by atoms with Crippen molar-refractivity contribution < 1.29 is 13.2 Å². The van der Waals surface area contributed by atoms with Gasteiger partial charge in [-0.25, -0.2) is 0 Å². The zero-order valence-corrected chi connectivity index (χ0v) is 16.1. The maximum atomic E-state index is 13.1. The van der Waals surface area contributed by atoms with Gasteiger partial charge in [0.1, 0.15) is 0 Å². The monoisotopic (exact) mass is 406 g/mol. The summed E-state index contributed by atoms with van der Waals surface area (Å²) < 4.78 is 39.3. The van der Waals surface area contributed by atoms with Crippen molar-refractivity contribution in [3.63, 3.8) is 0 Å². The maximum absolute atomic E-state index is 13.1. The fourth-order valence-corrected chi connectivity index (χ4v) is 3.30. The number of piperazine rings is 1. The molecule has 0 radical (unpaired) electrons. The molecule has 0 unspecified atom stereocenters. The van der Waals surface area contributed by atoms with Gasteiger partial charge in [0.15, 0.2) is 0 Å². The molecule has 1 atom stereocenters. The second kappa shape index (κ2) is 10.1. The molecule has 8 heteroatoms. The van der Waals surface area contributed by atoms with Gasteiger partial charge < -0.3 is 5.32 Å². The summed E-state index contributed by atoms with van der Waals surface area (Å²) in [5.41, 5.74) is -0.150. The number of hydrogen-bond acceptors (Lipinski definition) is 2. The molecule has 1 aromatic rings. The predicted molar refractivity (Wildman–Crippen MR) is 97.6 cm³/mol. The molecule has 1 saturated heterocycles. The molecule has 2 nitrogen and oxygen atoms in total. The normalized spacial score (nSPS) is 17.1. The van der Waals surface area contributed by atoms with Crippen LogP contribution in [0.2, 0.25) is 5.02 Å². The van der Waals surface area contributed by atoms with Crippen molar-refractivity contribution in [3.05, 3.63) is 34.3 Å². The Hall–Kier alpha value is -0.200. The number of alkyl halides is 3. The minimum Gasteiger partial charge on any atom is -0.314 e. The standard InChI is InChI=1S/C16H22ClF3N2.2ClH/c1-11(2)10-14(22-8-6-21-7-9-22)12-4-3-5-13(15(12)17)16(18,19)20;;/h3-5,11,14,21H,6-10H2,1-2H3;2*1H/t14-;;/m0../s1. The SMILES string of the molecule is CC(C)C[C@@H](c1cccc(C(F)(F)F)c1Cl)N1CCNCC1.Cl.Cl. The molecular weight excluding hydrogens is 384 g/mol. The molecule has 1 aromatic carbocycles. The van der Waals surface area contributed by atoms with Gasteiger partial charge in [-0.1, -0.05) is 37.6 Å². The minimum absolute atomic E-state index is 0. The number of benzene rings is 1. The average Bonchev–Trinajstić information content (AvgIpc) is 2.45. The Morgan fingerprint density at radius 2 is 1.75 bits per heavy atom. The summed E-state index contributed by atoms with van der Waals surface area (Å²) in [5.74, 6) is 0.380. The Bertz CT molecular complexity index is 504. The third-order valence-corrected chi connectivity index (χ3v) is 4.40. The smallest absolute Gasteiger partial charge is 0.314 e. The predicted octanol–water partition coefficient (Wildman–Crippen LogP) is 5.19. The molecule has 0 amide bonds. The molecule has 1 N–H and O–H groups in total. The first kappa shape index (κ1) is 23.8. The molecule has 1 heterocycles. The highest BCUT2D eigenvalue weighted by atomic mass is 35.5. The van der Waals surface area contributed by atoms with Crippen molar-refractivity contribution in [2.75, 3.05) is 26.2 Å². The highest BCUT2D eigenvalue weighted by molar-refractivity contribution is 6.32. The fraction of sp³-hybridized carbons (Fsp3) is 0.625. The number of rotatable bonds is 4. The summed E-state index contributed by atoms with van der Waals surface area (Å²) in [4.78, 5) is 2.23. The molecular formula is C16H24Cl3F3N2. The van der Waals surface area contributed by atoms with Crippen LogP contribution in [-0.2, 0) is 6.18 Å². The lowest BCUT2D eigenvalue weighted by molar-refractivity contribution is -0.137. The van der Waals surface area contributed by atoms with Crippen molar-refractivity contribution in [2.45, 2.75) is 32.5 Å². The van der Waals surface area contributed by atoms with Gasteiger partial charge in [-0.05, 0) is 24.0 Å². The summed E-state index contributed by atoms with van der Waals surface area (Å²) in [6.07, 6.45) is -3.63. The Morgan fingerprint density at radius 1 is 1.17 bits per heavy atom. The quantitative estimate of drug-likeness (QED) is 0.738. The van der Waals surface area contributed by atoms with Crippen LogP contribution in [0, 0.1) is 5.92 Å². The van der Waals surface area contributed by atoms with Crippen molar-refractivity contribution in [3.8, 4) is 0 Å². The van der Waals surface area contributed by atoms with Crippen LogP contribution < -0.4 is 5.32 Å². The molecule has 0 aliphatic carbocycles. The van der Waals surface area contributed by atoms with Crippen LogP contribution in [-0.4, -0.2) is 31.1 Å². The Morgan fingerprint density at radius 3 is 2.25 bits per heavy atom. The van der Waals surface area contributed by atoms with Crippen molar-refractivity contribution in [1.29, 1.82) is 0 Å². The number of halogens is 6. The summed E-state index contributed by atoms with van der Waals surface area (Å²) in [6.45, 7) is 7.51. The van der Waals surface area contributed by atoms with E-state index in [4.69, 9.17) is 11.6 Å². The van der Waals surface area contributed by atoms with Crippen molar-refractivity contribution in [2.24, 2.45) is 5.92 Å².